The van der Waals surface area contributed by atoms with Gasteiger partial charge in [0.25, 0.3) is 13.9 Å². The van der Waals surface area contributed by atoms with Gasteiger partial charge in [-0.05, 0) is 101 Å². The first-order valence-electron chi connectivity index (χ1n) is 20.4. The van der Waals surface area contributed by atoms with Gasteiger partial charge >= 0.3 is 0 Å². The second kappa shape index (κ2) is 17.3. The lowest BCUT2D eigenvalue weighted by molar-refractivity contribution is 0.0750. The number of hydrogen-bond donors (Lipinski definition) is 0. The molecule has 0 bridgehead atoms. The molecule has 0 atom stereocenters. The van der Waals surface area contributed by atoms with E-state index in [4.69, 9.17) is 14.1 Å². The van der Waals surface area contributed by atoms with Gasteiger partial charge in [-0.2, -0.15) is 5.26 Å². The lowest BCUT2D eigenvalue weighted by Crippen LogP contribution is -2.67. The van der Waals surface area contributed by atoms with E-state index in [2.05, 4.69) is 94.4 Å². The van der Waals surface area contributed by atoms with Crippen molar-refractivity contribution in [2.24, 2.45) is 0 Å². The van der Waals surface area contributed by atoms with E-state index in [-0.39, 0.29) is 22.8 Å². The van der Waals surface area contributed by atoms with Crippen LogP contribution in [0.25, 0.3) is 16.8 Å². The molecule has 1 aliphatic rings. The van der Waals surface area contributed by atoms with Gasteiger partial charge in [0.15, 0.2) is 0 Å². The number of nitriles is 1. The molecule has 7 rings (SSSR count). The number of hydrogen-bond acceptors (Lipinski definition) is 5. The summed E-state index contributed by atoms with van der Waals surface area (Å²) in [5.41, 5.74) is 5.83. The molecule has 7 heteroatoms. The third kappa shape index (κ3) is 8.44. The van der Waals surface area contributed by atoms with Crippen molar-refractivity contribution in [1.82, 2.24) is 9.55 Å². The molecule has 290 valence electrons. The monoisotopic (exact) mass is 771 g/mol. The van der Waals surface area contributed by atoms with E-state index in [1.807, 2.05) is 79.7 Å². The molecule has 1 aromatic heterocycles. The summed E-state index contributed by atoms with van der Waals surface area (Å²) in [5.74, 6) is 1.47. The summed E-state index contributed by atoms with van der Waals surface area (Å²) in [5, 5.41) is 12.2. The molecule has 0 spiro atoms. The van der Waals surface area contributed by atoms with Crippen LogP contribution in [0.5, 0.6) is 5.75 Å². The topological polar surface area (TPSA) is 77.1 Å². The van der Waals surface area contributed by atoms with Crippen molar-refractivity contribution in [3.05, 3.63) is 172 Å². The fraction of sp³-hybridized carbons (Fsp3) is 0.300. The second-order valence-corrected chi connectivity index (χ2v) is 20.6. The average Bonchev–Trinajstić information content (AvgIpc) is 3.23. The standard InChI is InChI=1S/C50H53N3O3Si/c1-6-15-48-47(34-37-22-24-38(25-23-37)46-21-14-13-16-39(46)35-51)49(54)53(36(2)52-48)40-26-28-41(29-27-40)55-42-30-32-43(33-31-42)56-57(50(3,4)5,44-17-9-7-10-18-44)45-19-11-8-12-20-45/h7-14,16-29,42-43H,6,15,30-34H2,1-5H3. The van der Waals surface area contributed by atoms with E-state index in [0.717, 1.165) is 72.3 Å². The lowest BCUT2D eigenvalue weighted by atomic mass is 9.95. The van der Waals surface area contributed by atoms with Crippen LogP contribution in [0.1, 0.15) is 88.0 Å². The smallest absolute Gasteiger partial charge is 0.261 e. The number of aromatic nitrogens is 2. The Kier molecular flexibility index (Phi) is 12.0. The number of benzene rings is 5. The van der Waals surface area contributed by atoms with Crippen molar-refractivity contribution in [2.75, 3.05) is 0 Å². The van der Waals surface area contributed by atoms with Crippen LogP contribution in [0, 0.1) is 18.3 Å². The maximum atomic E-state index is 14.3. The van der Waals surface area contributed by atoms with Crippen molar-refractivity contribution >= 4 is 18.7 Å². The summed E-state index contributed by atoms with van der Waals surface area (Å²) >= 11 is 0. The second-order valence-electron chi connectivity index (χ2n) is 16.3. The van der Waals surface area contributed by atoms with E-state index in [0.29, 0.717) is 23.4 Å². The number of aryl methyl sites for hydroxylation is 2. The van der Waals surface area contributed by atoms with Gasteiger partial charge in [-0.25, -0.2) is 4.98 Å². The van der Waals surface area contributed by atoms with Crippen molar-refractivity contribution in [1.29, 1.82) is 5.26 Å². The molecule has 0 amide bonds. The number of ether oxygens (including phenoxy) is 1. The van der Waals surface area contributed by atoms with E-state index >= 15 is 0 Å². The lowest BCUT2D eigenvalue weighted by Gasteiger charge is -2.46. The molecular weight excluding hydrogens is 719 g/mol. The van der Waals surface area contributed by atoms with Gasteiger partial charge < -0.3 is 9.16 Å². The Balaban J connectivity index is 1.05. The first kappa shape index (κ1) is 39.7. The minimum absolute atomic E-state index is 0.0438. The molecule has 1 saturated carbocycles. The van der Waals surface area contributed by atoms with Gasteiger partial charge in [0.1, 0.15) is 11.6 Å². The molecule has 6 aromatic rings. The van der Waals surface area contributed by atoms with E-state index in [9.17, 15) is 10.1 Å². The Morgan fingerprint density at radius 2 is 1.35 bits per heavy atom. The molecule has 1 aliphatic carbocycles. The third-order valence-corrected chi connectivity index (χ3v) is 16.5. The Morgan fingerprint density at radius 1 is 0.772 bits per heavy atom. The predicted octanol–water partition coefficient (Wildman–Crippen LogP) is 9.89. The number of nitrogens with zero attached hydrogens (tertiary/aromatic N) is 3. The molecule has 6 nitrogen and oxygen atoms in total. The first-order valence-corrected chi connectivity index (χ1v) is 22.3. The van der Waals surface area contributed by atoms with Gasteiger partial charge in [-0.15, -0.1) is 0 Å². The van der Waals surface area contributed by atoms with Crippen LogP contribution in [0.15, 0.2) is 138 Å². The summed E-state index contributed by atoms with van der Waals surface area (Å²) in [6, 6.07) is 47.7. The third-order valence-electron chi connectivity index (χ3n) is 11.4. The Labute approximate surface area is 338 Å². The SMILES string of the molecule is CCCc1nc(C)n(-c2ccc(OC3CCC(O[Si](c4ccccc4)(c4ccccc4)C(C)(C)C)CC3)cc2)c(=O)c1Cc1ccc(-c2ccccc2C#N)cc1. The van der Waals surface area contributed by atoms with Gasteiger partial charge in [0.05, 0.1) is 29.1 Å². The highest BCUT2D eigenvalue weighted by atomic mass is 28.4. The maximum Gasteiger partial charge on any atom is 0.261 e. The van der Waals surface area contributed by atoms with Crippen LogP contribution < -0.4 is 20.7 Å². The van der Waals surface area contributed by atoms with Gasteiger partial charge in [0, 0.05) is 18.1 Å². The Hall–Kier alpha value is -5.55. The minimum Gasteiger partial charge on any atom is -0.490 e. The molecule has 0 radical (unpaired) electrons. The van der Waals surface area contributed by atoms with Crippen LogP contribution in [-0.2, 0) is 17.3 Å². The van der Waals surface area contributed by atoms with Crippen LogP contribution >= 0.6 is 0 Å². The largest absolute Gasteiger partial charge is 0.490 e. The highest BCUT2D eigenvalue weighted by Crippen LogP contribution is 2.39. The molecule has 1 heterocycles. The first-order chi connectivity index (χ1) is 27.6. The molecule has 0 N–H and O–H groups in total. The van der Waals surface area contributed by atoms with Crippen molar-refractivity contribution in [3.63, 3.8) is 0 Å². The fourth-order valence-corrected chi connectivity index (χ4v) is 13.3. The summed E-state index contributed by atoms with van der Waals surface area (Å²) in [6.45, 7) is 11.0. The minimum atomic E-state index is -2.62. The van der Waals surface area contributed by atoms with E-state index < -0.39 is 8.32 Å². The zero-order valence-electron chi connectivity index (χ0n) is 33.9. The van der Waals surface area contributed by atoms with Crippen LogP contribution in [-0.4, -0.2) is 30.1 Å². The number of rotatable bonds is 12. The normalized spacial score (nSPS) is 15.9. The van der Waals surface area contributed by atoms with Crippen LogP contribution in [0.3, 0.4) is 0 Å². The zero-order valence-corrected chi connectivity index (χ0v) is 34.9. The van der Waals surface area contributed by atoms with Gasteiger partial charge in [0.2, 0.25) is 0 Å². The Bertz CT molecular complexity index is 2330. The highest BCUT2D eigenvalue weighted by Gasteiger charge is 2.51. The van der Waals surface area contributed by atoms with Gasteiger partial charge in [-0.3, -0.25) is 9.36 Å². The zero-order chi connectivity index (χ0) is 40.0. The summed E-state index contributed by atoms with van der Waals surface area (Å²) in [7, 11) is -2.62. The Morgan fingerprint density at radius 3 is 1.93 bits per heavy atom. The molecule has 0 aliphatic heterocycles. The van der Waals surface area contributed by atoms with Gasteiger partial charge in [-0.1, -0.05) is 137 Å². The molecule has 5 aromatic carbocycles. The molecule has 0 unspecified atom stereocenters. The highest BCUT2D eigenvalue weighted by molar-refractivity contribution is 6.99. The quantitative estimate of drug-likeness (QED) is 0.116. The van der Waals surface area contributed by atoms with Crippen molar-refractivity contribution in [2.45, 2.75) is 96.8 Å². The van der Waals surface area contributed by atoms with Crippen molar-refractivity contribution < 1.29 is 9.16 Å². The molecule has 57 heavy (non-hydrogen) atoms. The summed E-state index contributed by atoms with van der Waals surface area (Å²) in [6.07, 6.45) is 6.08. The predicted molar refractivity (Wildman–Crippen MR) is 233 cm³/mol. The van der Waals surface area contributed by atoms with Crippen LogP contribution in [0.2, 0.25) is 5.04 Å². The molecule has 0 saturated heterocycles. The van der Waals surface area contributed by atoms with Crippen molar-refractivity contribution in [3.8, 4) is 28.6 Å². The average molecular weight is 772 g/mol. The summed E-state index contributed by atoms with van der Waals surface area (Å²) in [4.78, 5) is 19.3. The summed E-state index contributed by atoms with van der Waals surface area (Å²) < 4.78 is 15.7. The van der Waals surface area contributed by atoms with E-state index in [1.165, 1.54) is 10.4 Å². The maximum absolute atomic E-state index is 14.3. The van der Waals surface area contributed by atoms with Crippen LogP contribution in [0.4, 0.5) is 0 Å². The van der Waals surface area contributed by atoms with E-state index in [1.54, 1.807) is 4.57 Å². The molecular formula is C50H53N3O3Si. The fourth-order valence-electron chi connectivity index (χ4n) is 8.56. The molecule has 1 fully saturated rings.